The summed E-state index contributed by atoms with van der Waals surface area (Å²) in [6.45, 7) is 9.45. The molecule has 4 heteroatoms. The molecule has 3 nitrogen and oxygen atoms in total. The van der Waals surface area contributed by atoms with E-state index < -0.39 is 0 Å². The summed E-state index contributed by atoms with van der Waals surface area (Å²) < 4.78 is 12.3. The first-order valence-electron chi connectivity index (χ1n) is 7.12. The van der Waals surface area contributed by atoms with Crippen LogP contribution in [0.25, 0.3) is 0 Å². The van der Waals surface area contributed by atoms with E-state index in [-0.39, 0.29) is 5.41 Å². The zero-order chi connectivity index (χ0) is 14.9. The molecule has 0 aromatic heterocycles. The summed E-state index contributed by atoms with van der Waals surface area (Å²) in [6, 6.07) is 4.52. The average molecular weight is 342 g/mol. The molecule has 0 heterocycles. The lowest BCUT2D eigenvalue weighted by molar-refractivity contribution is -0.0976. The Balaban J connectivity index is 2.16. The van der Waals surface area contributed by atoms with Crippen LogP contribution in [0.4, 0.5) is 5.69 Å². The molecule has 1 aliphatic carbocycles. The Hall–Kier alpha value is -0.740. The largest absolute Gasteiger partial charge is 0.495 e. The molecule has 0 aliphatic heterocycles. The fourth-order valence-electron chi connectivity index (χ4n) is 2.85. The Morgan fingerprint density at radius 2 is 2.10 bits per heavy atom. The summed E-state index contributed by atoms with van der Waals surface area (Å²) in [6.07, 6.45) is 1.38. The molecule has 0 spiro atoms. The van der Waals surface area contributed by atoms with Gasteiger partial charge in [-0.25, -0.2) is 0 Å². The molecule has 0 bridgehead atoms. The van der Waals surface area contributed by atoms with Crippen molar-refractivity contribution in [3.63, 3.8) is 0 Å². The Kier molecular flexibility index (Phi) is 4.65. The highest BCUT2D eigenvalue weighted by Crippen LogP contribution is 2.46. The molecule has 0 radical (unpaired) electrons. The van der Waals surface area contributed by atoms with Gasteiger partial charge < -0.3 is 14.8 Å². The van der Waals surface area contributed by atoms with Crippen molar-refractivity contribution in [3.8, 4) is 5.75 Å². The van der Waals surface area contributed by atoms with E-state index in [1.54, 1.807) is 7.11 Å². The first-order chi connectivity index (χ1) is 9.40. The van der Waals surface area contributed by atoms with Crippen LogP contribution in [0.15, 0.2) is 16.6 Å². The maximum absolute atomic E-state index is 5.79. The monoisotopic (exact) mass is 341 g/mol. The summed E-state index contributed by atoms with van der Waals surface area (Å²) in [5.41, 5.74) is 2.41. The third-order valence-corrected chi connectivity index (χ3v) is 4.81. The van der Waals surface area contributed by atoms with Crippen LogP contribution >= 0.6 is 15.9 Å². The quantitative estimate of drug-likeness (QED) is 0.861. The second-order valence-electron chi connectivity index (χ2n) is 6.00. The van der Waals surface area contributed by atoms with Gasteiger partial charge in [-0.15, -0.1) is 0 Å². The minimum Gasteiger partial charge on any atom is -0.495 e. The molecule has 1 aliphatic rings. The smallest absolute Gasteiger partial charge is 0.143 e. The van der Waals surface area contributed by atoms with Crippen molar-refractivity contribution in [2.75, 3.05) is 19.0 Å². The van der Waals surface area contributed by atoms with E-state index in [4.69, 9.17) is 9.47 Å². The van der Waals surface area contributed by atoms with E-state index in [1.807, 2.05) is 6.07 Å². The molecule has 1 saturated carbocycles. The lowest BCUT2D eigenvalue weighted by Gasteiger charge is -2.52. The van der Waals surface area contributed by atoms with Gasteiger partial charge in [0.15, 0.2) is 0 Å². The number of rotatable bonds is 5. The van der Waals surface area contributed by atoms with Crippen molar-refractivity contribution in [1.29, 1.82) is 0 Å². The van der Waals surface area contributed by atoms with Crippen LogP contribution in [0.2, 0.25) is 0 Å². The molecule has 20 heavy (non-hydrogen) atoms. The van der Waals surface area contributed by atoms with Gasteiger partial charge in [0.1, 0.15) is 5.75 Å². The number of hydrogen-bond donors (Lipinski definition) is 1. The molecule has 0 amide bonds. The van der Waals surface area contributed by atoms with Crippen LogP contribution in [0, 0.1) is 12.3 Å². The predicted molar refractivity (Wildman–Crippen MR) is 86.7 cm³/mol. The zero-order valence-corrected chi connectivity index (χ0v) is 14.5. The van der Waals surface area contributed by atoms with E-state index in [0.717, 1.165) is 28.9 Å². The number of benzene rings is 1. The summed E-state index contributed by atoms with van der Waals surface area (Å²) in [5, 5.41) is 3.65. The SMILES string of the molecule is CCOC1CC(Nc2c(C)cc(Br)cc2OC)C1(C)C. The van der Waals surface area contributed by atoms with Gasteiger partial charge in [-0.3, -0.25) is 0 Å². The van der Waals surface area contributed by atoms with Crippen LogP contribution < -0.4 is 10.1 Å². The van der Waals surface area contributed by atoms with E-state index >= 15 is 0 Å². The summed E-state index contributed by atoms with van der Waals surface area (Å²) >= 11 is 3.51. The topological polar surface area (TPSA) is 30.5 Å². The van der Waals surface area contributed by atoms with Gasteiger partial charge in [0, 0.05) is 22.5 Å². The van der Waals surface area contributed by atoms with Crippen LogP contribution in [0.1, 0.15) is 32.8 Å². The first-order valence-corrected chi connectivity index (χ1v) is 7.91. The normalized spacial score (nSPS) is 24.1. The average Bonchev–Trinajstić information content (AvgIpc) is 2.39. The van der Waals surface area contributed by atoms with Crippen LogP contribution in [0.5, 0.6) is 5.75 Å². The fraction of sp³-hybridized carbons (Fsp3) is 0.625. The lowest BCUT2D eigenvalue weighted by Crippen LogP contribution is -2.58. The number of ether oxygens (including phenoxy) is 2. The number of methoxy groups -OCH3 is 1. The Morgan fingerprint density at radius 3 is 2.65 bits per heavy atom. The van der Waals surface area contributed by atoms with Gasteiger partial charge in [-0.1, -0.05) is 29.8 Å². The van der Waals surface area contributed by atoms with Crippen molar-refractivity contribution < 1.29 is 9.47 Å². The third-order valence-electron chi connectivity index (χ3n) is 4.35. The molecule has 2 unspecified atom stereocenters. The molecule has 0 saturated heterocycles. The maximum Gasteiger partial charge on any atom is 0.143 e. The third kappa shape index (κ3) is 2.82. The highest BCUT2D eigenvalue weighted by molar-refractivity contribution is 9.10. The van der Waals surface area contributed by atoms with E-state index in [9.17, 15) is 0 Å². The van der Waals surface area contributed by atoms with Crippen molar-refractivity contribution in [2.24, 2.45) is 5.41 Å². The minimum atomic E-state index is 0.139. The zero-order valence-electron chi connectivity index (χ0n) is 12.9. The molecule has 1 fully saturated rings. The van der Waals surface area contributed by atoms with Crippen LogP contribution in [-0.4, -0.2) is 25.9 Å². The molecular formula is C16H24BrNO2. The Morgan fingerprint density at radius 1 is 1.40 bits per heavy atom. The predicted octanol–water partition coefficient (Wildman–Crippen LogP) is 4.38. The first kappa shape index (κ1) is 15.6. The van der Waals surface area contributed by atoms with Gasteiger partial charge in [-0.05, 0) is 38.0 Å². The maximum atomic E-state index is 5.79. The van der Waals surface area contributed by atoms with Crippen molar-refractivity contribution in [2.45, 2.75) is 46.3 Å². The molecular weight excluding hydrogens is 318 g/mol. The van der Waals surface area contributed by atoms with Gasteiger partial charge in [-0.2, -0.15) is 0 Å². The van der Waals surface area contributed by atoms with Gasteiger partial charge in [0.2, 0.25) is 0 Å². The fourth-order valence-corrected chi connectivity index (χ4v) is 3.40. The highest BCUT2D eigenvalue weighted by Gasteiger charge is 2.49. The molecule has 112 valence electrons. The standard InChI is InChI=1S/C16H24BrNO2/c1-6-20-14-9-13(16(14,3)4)18-15-10(2)7-11(17)8-12(15)19-5/h7-8,13-14,18H,6,9H2,1-5H3. The van der Waals surface area contributed by atoms with E-state index in [0.29, 0.717) is 12.1 Å². The number of anilines is 1. The van der Waals surface area contributed by atoms with Gasteiger partial charge in [0.05, 0.1) is 18.9 Å². The van der Waals surface area contributed by atoms with Crippen molar-refractivity contribution >= 4 is 21.6 Å². The second kappa shape index (κ2) is 5.94. The van der Waals surface area contributed by atoms with E-state index in [1.165, 1.54) is 5.56 Å². The summed E-state index contributed by atoms with van der Waals surface area (Å²) in [4.78, 5) is 0. The molecule has 1 aromatic carbocycles. The van der Waals surface area contributed by atoms with Gasteiger partial charge in [0.25, 0.3) is 0 Å². The van der Waals surface area contributed by atoms with Crippen molar-refractivity contribution in [1.82, 2.24) is 0 Å². The number of hydrogen-bond acceptors (Lipinski definition) is 3. The van der Waals surface area contributed by atoms with Crippen LogP contribution in [0.3, 0.4) is 0 Å². The molecule has 2 atom stereocenters. The molecule has 1 N–H and O–H groups in total. The van der Waals surface area contributed by atoms with Crippen LogP contribution in [-0.2, 0) is 4.74 Å². The summed E-state index contributed by atoms with van der Waals surface area (Å²) in [7, 11) is 1.71. The number of aryl methyl sites for hydroxylation is 1. The van der Waals surface area contributed by atoms with E-state index in [2.05, 4.69) is 55.0 Å². The highest BCUT2D eigenvalue weighted by atomic mass is 79.9. The number of nitrogens with one attached hydrogen (secondary N) is 1. The van der Waals surface area contributed by atoms with Gasteiger partial charge >= 0.3 is 0 Å². The Bertz CT molecular complexity index is 488. The molecule has 2 rings (SSSR count). The molecule has 1 aromatic rings. The minimum absolute atomic E-state index is 0.139. The number of halogens is 1. The Labute approximate surface area is 130 Å². The lowest BCUT2D eigenvalue weighted by atomic mass is 9.64. The van der Waals surface area contributed by atoms with Crippen molar-refractivity contribution in [3.05, 3.63) is 22.2 Å². The second-order valence-corrected chi connectivity index (χ2v) is 6.91. The summed E-state index contributed by atoms with van der Waals surface area (Å²) in [5.74, 6) is 0.882.